The highest BCUT2D eigenvalue weighted by Gasteiger charge is 2.24. The Bertz CT molecular complexity index is 892. The third-order valence-corrected chi connectivity index (χ3v) is 4.30. The van der Waals surface area contributed by atoms with Gasteiger partial charge in [0.15, 0.2) is 6.61 Å². The van der Waals surface area contributed by atoms with Crippen molar-refractivity contribution in [2.24, 2.45) is 0 Å². The number of aryl methyl sites for hydroxylation is 3. The highest BCUT2D eigenvalue weighted by molar-refractivity contribution is 5.95. The molecule has 0 atom stereocenters. The van der Waals surface area contributed by atoms with Crippen LogP contribution in [0.4, 0.5) is 5.69 Å². The van der Waals surface area contributed by atoms with E-state index in [9.17, 15) is 19.7 Å². The van der Waals surface area contributed by atoms with Gasteiger partial charge in [0.05, 0.1) is 4.92 Å². The second kappa shape index (κ2) is 8.44. The van der Waals surface area contributed by atoms with Gasteiger partial charge in [-0.05, 0) is 38.0 Å². The van der Waals surface area contributed by atoms with Crippen molar-refractivity contribution < 1.29 is 19.2 Å². The van der Waals surface area contributed by atoms with Crippen molar-refractivity contribution in [3.63, 3.8) is 0 Å². The van der Waals surface area contributed by atoms with Crippen LogP contribution in [0, 0.1) is 30.9 Å². The topological polar surface area (TPSA) is 89.8 Å². The van der Waals surface area contributed by atoms with E-state index < -0.39 is 23.4 Å². The molecule has 142 valence electrons. The Hall–Kier alpha value is -3.22. The molecule has 0 heterocycles. The fraction of sp³-hybridized carbons (Fsp3) is 0.300. The molecule has 0 saturated heterocycles. The van der Waals surface area contributed by atoms with Crippen molar-refractivity contribution in [1.82, 2.24) is 4.90 Å². The highest BCUT2D eigenvalue weighted by Crippen LogP contribution is 2.23. The zero-order chi connectivity index (χ0) is 20.1. The van der Waals surface area contributed by atoms with Gasteiger partial charge in [0.1, 0.15) is 5.56 Å². The number of hydrogen-bond acceptors (Lipinski definition) is 5. The van der Waals surface area contributed by atoms with E-state index in [1.54, 1.807) is 7.05 Å². The van der Waals surface area contributed by atoms with Gasteiger partial charge in [-0.25, -0.2) is 4.79 Å². The van der Waals surface area contributed by atoms with Gasteiger partial charge in [-0.1, -0.05) is 35.9 Å². The first-order valence-electron chi connectivity index (χ1n) is 8.42. The molecule has 2 rings (SSSR count). The molecule has 7 nitrogen and oxygen atoms in total. The van der Waals surface area contributed by atoms with Crippen LogP contribution in [0.2, 0.25) is 0 Å². The SMILES string of the molecule is Cc1ccc(CN(C)C(=O)COC(=O)c2cccc(C)c2[N+](=O)[O-])c(C)c1. The Labute approximate surface area is 157 Å². The normalized spacial score (nSPS) is 10.4. The summed E-state index contributed by atoms with van der Waals surface area (Å²) in [4.78, 5) is 36.5. The fourth-order valence-electron chi connectivity index (χ4n) is 2.75. The molecule has 0 radical (unpaired) electrons. The molecule has 0 unspecified atom stereocenters. The van der Waals surface area contributed by atoms with E-state index in [-0.39, 0.29) is 11.3 Å². The van der Waals surface area contributed by atoms with Crippen LogP contribution in [-0.4, -0.2) is 35.4 Å². The maximum atomic E-state index is 12.3. The fourth-order valence-corrected chi connectivity index (χ4v) is 2.75. The number of nitro groups is 1. The minimum absolute atomic E-state index is 0.162. The van der Waals surface area contributed by atoms with Gasteiger partial charge in [0.2, 0.25) is 0 Å². The minimum Gasteiger partial charge on any atom is -0.452 e. The van der Waals surface area contributed by atoms with E-state index in [0.717, 1.165) is 16.7 Å². The van der Waals surface area contributed by atoms with Gasteiger partial charge < -0.3 is 9.64 Å². The first-order valence-corrected chi connectivity index (χ1v) is 8.42. The smallest absolute Gasteiger partial charge is 0.345 e. The lowest BCUT2D eigenvalue weighted by Crippen LogP contribution is -2.31. The number of ether oxygens (including phenoxy) is 1. The number of rotatable bonds is 6. The molecular weight excluding hydrogens is 348 g/mol. The molecule has 0 aliphatic carbocycles. The zero-order valence-electron chi connectivity index (χ0n) is 15.8. The van der Waals surface area contributed by atoms with Gasteiger partial charge in [-0.2, -0.15) is 0 Å². The monoisotopic (exact) mass is 370 g/mol. The van der Waals surface area contributed by atoms with Crippen LogP contribution in [-0.2, 0) is 16.1 Å². The van der Waals surface area contributed by atoms with Gasteiger partial charge >= 0.3 is 5.97 Å². The third kappa shape index (κ3) is 4.91. The van der Waals surface area contributed by atoms with Crippen LogP contribution in [0.15, 0.2) is 36.4 Å². The second-order valence-corrected chi connectivity index (χ2v) is 6.48. The van der Waals surface area contributed by atoms with Crippen molar-refractivity contribution in [2.45, 2.75) is 27.3 Å². The number of carbonyl (C=O) groups excluding carboxylic acids is 2. The van der Waals surface area contributed by atoms with Gasteiger partial charge in [-0.3, -0.25) is 14.9 Å². The summed E-state index contributed by atoms with van der Waals surface area (Å²) < 4.78 is 5.01. The van der Waals surface area contributed by atoms with E-state index in [1.165, 1.54) is 30.0 Å². The summed E-state index contributed by atoms with van der Waals surface area (Å²) in [5, 5.41) is 11.2. The van der Waals surface area contributed by atoms with Crippen molar-refractivity contribution in [3.05, 3.63) is 74.3 Å². The number of hydrogen-bond donors (Lipinski definition) is 0. The van der Waals surface area contributed by atoms with Crippen molar-refractivity contribution in [1.29, 1.82) is 0 Å². The highest BCUT2D eigenvalue weighted by atomic mass is 16.6. The molecule has 0 aromatic heterocycles. The maximum absolute atomic E-state index is 12.3. The van der Waals surface area contributed by atoms with E-state index in [2.05, 4.69) is 0 Å². The summed E-state index contributed by atoms with van der Waals surface area (Å²) in [6, 6.07) is 10.3. The van der Waals surface area contributed by atoms with E-state index in [1.807, 2.05) is 32.0 Å². The molecule has 2 aromatic rings. The molecule has 0 aliphatic rings. The average Bonchev–Trinajstić information content (AvgIpc) is 2.61. The van der Waals surface area contributed by atoms with E-state index >= 15 is 0 Å². The van der Waals surface area contributed by atoms with E-state index in [0.29, 0.717) is 12.1 Å². The summed E-state index contributed by atoms with van der Waals surface area (Å²) in [5.74, 6) is -1.28. The number of nitrogens with zero attached hydrogens (tertiary/aromatic N) is 2. The molecular formula is C20H22N2O5. The lowest BCUT2D eigenvalue weighted by atomic mass is 10.1. The molecule has 0 spiro atoms. The molecule has 0 saturated carbocycles. The van der Waals surface area contributed by atoms with Gasteiger partial charge in [-0.15, -0.1) is 0 Å². The zero-order valence-corrected chi connectivity index (χ0v) is 15.8. The number of esters is 1. The van der Waals surface area contributed by atoms with Crippen molar-refractivity contribution in [2.75, 3.05) is 13.7 Å². The van der Waals surface area contributed by atoms with Crippen LogP contribution >= 0.6 is 0 Å². The third-order valence-electron chi connectivity index (χ3n) is 4.30. The van der Waals surface area contributed by atoms with Crippen LogP contribution in [0.1, 0.15) is 32.6 Å². The molecule has 0 N–H and O–H groups in total. The Morgan fingerprint density at radius 1 is 1.11 bits per heavy atom. The number of benzene rings is 2. The maximum Gasteiger partial charge on any atom is 0.345 e. The quantitative estimate of drug-likeness (QED) is 0.442. The molecule has 2 aromatic carbocycles. The summed E-state index contributed by atoms with van der Waals surface area (Å²) >= 11 is 0. The number of nitro benzene ring substituents is 1. The lowest BCUT2D eigenvalue weighted by Gasteiger charge is -2.18. The Kier molecular flexibility index (Phi) is 6.28. The van der Waals surface area contributed by atoms with Gasteiger partial charge in [0, 0.05) is 19.2 Å². The Morgan fingerprint density at radius 3 is 2.44 bits per heavy atom. The van der Waals surface area contributed by atoms with Crippen LogP contribution in [0.25, 0.3) is 0 Å². The lowest BCUT2D eigenvalue weighted by molar-refractivity contribution is -0.385. The van der Waals surface area contributed by atoms with Crippen LogP contribution in [0.3, 0.4) is 0 Å². The summed E-state index contributed by atoms with van der Waals surface area (Å²) in [7, 11) is 1.62. The van der Waals surface area contributed by atoms with Crippen LogP contribution < -0.4 is 0 Å². The molecule has 7 heteroatoms. The van der Waals surface area contributed by atoms with Crippen molar-refractivity contribution in [3.8, 4) is 0 Å². The van der Waals surface area contributed by atoms with Crippen LogP contribution in [0.5, 0.6) is 0 Å². The largest absolute Gasteiger partial charge is 0.452 e. The number of carbonyl (C=O) groups is 2. The van der Waals surface area contributed by atoms with Gasteiger partial charge in [0.25, 0.3) is 11.6 Å². The number of likely N-dealkylation sites (N-methyl/N-ethyl adjacent to an activating group) is 1. The predicted octanol–water partition coefficient (Wildman–Crippen LogP) is 3.34. The summed E-state index contributed by atoms with van der Waals surface area (Å²) in [5.41, 5.74) is 3.09. The number of amides is 1. The molecule has 0 aliphatic heterocycles. The second-order valence-electron chi connectivity index (χ2n) is 6.48. The standard InChI is InChI=1S/C20H22N2O5/c1-13-8-9-16(15(3)10-13)11-21(4)18(23)12-27-20(24)17-7-5-6-14(2)19(17)22(25)26/h5-10H,11-12H2,1-4H3. The molecule has 1 amide bonds. The average molecular weight is 370 g/mol. The van der Waals surface area contributed by atoms with E-state index in [4.69, 9.17) is 4.74 Å². The molecule has 0 fully saturated rings. The summed E-state index contributed by atoms with van der Waals surface area (Å²) in [6.45, 7) is 5.41. The Balaban J connectivity index is 2.02. The predicted molar refractivity (Wildman–Crippen MR) is 101 cm³/mol. The minimum atomic E-state index is -0.890. The molecule has 27 heavy (non-hydrogen) atoms. The Morgan fingerprint density at radius 2 is 1.81 bits per heavy atom. The first-order chi connectivity index (χ1) is 12.7. The molecule has 0 bridgehead atoms. The van der Waals surface area contributed by atoms with Crippen molar-refractivity contribution >= 4 is 17.6 Å². The number of para-hydroxylation sites is 1. The summed E-state index contributed by atoms with van der Waals surface area (Å²) in [6.07, 6.45) is 0. The first kappa shape index (κ1) is 20.1.